The van der Waals surface area contributed by atoms with Crippen molar-refractivity contribution in [3.63, 3.8) is 0 Å². The lowest BCUT2D eigenvalue weighted by Gasteiger charge is -2.16. The number of hydrogen-bond donors (Lipinski definition) is 2. The summed E-state index contributed by atoms with van der Waals surface area (Å²) in [6.45, 7) is 4.03. The second-order valence-corrected chi connectivity index (χ2v) is 6.36. The minimum Gasteiger partial charge on any atom is -0.491 e. The van der Waals surface area contributed by atoms with E-state index in [0.717, 1.165) is 15.8 Å². The summed E-state index contributed by atoms with van der Waals surface area (Å²) in [5.41, 5.74) is 3.98. The lowest BCUT2D eigenvalue weighted by Crippen LogP contribution is -2.28. The molecule has 3 nitrogen and oxygen atoms in total. The molecule has 0 saturated carbocycles. The van der Waals surface area contributed by atoms with Crippen molar-refractivity contribution in [2.24, 2.45) is 5.84 Å². The molecule has 19 heavy (non-hydrogen) atoms. The van der Waals surface area contributed by atoms with Crippen molar-refractivity contribution in [3.05, 3.63) is 50.6 Å². The molecule has 0 aliphatic rings. The predicted octanol–water partition coefficient (Wildman–Crippen LogP) is 3.85. The Morgan fingerprint density at radius 1 is 1.26 bits per heavy atom. The molecule has 0 aliphatic heterocycles. The molecule has 0 spiro atoms. The molecule has 0 fully saturated rings. The topological polar surface area (TPSA) is 47.3 Å². The Hall–Kier alpha value is -0.880. The zero-order valence-electron chi connectivity index (χ0n) is 10.9. The molecule has 1 heterocycles. The molecular weight excluding hydrogens is 324 g/mol. The Kier molecular flexibility index (Phi) is 4.99. The number of nitrogens with two attached hydrogens (primary N) is 1. The van der Waals surface area contributed by atoms with Crippen molar-refractivity contribution >= 4 is 27.3 Å². The Labute approximate surface area is 125 Å². The van der Waals surface area contributed by atoms with E-state index in [4.69, 9.17) is 10.6 Å². The Morgan fingerprint density at radius 2 is 1.95 bits per heavy atom. The fourth-order valence-electron chi connectivity index (χ4n) is 1.83. The Bertz CT molecular complexity index is 524. The molecule has 0 saturated heterocycles. The van der Waals surface area contributed by atoms with Gasteiger partial charge in [-0.3, -0.25) is 5.84 Å². The van der Waals surface area contributed by atoms with E-state index < -0.39 is 0 Å². The Balaban J connectivity index is 2.19. The van der Waals surface area contributed by atoms with Gasteiger partial charge in [-0.05, 0) is 53.5 Å². The average Bonchev–Trinajstić information content (AvgIpc) is 2.78. The monoisotopic (exact) mass is 340 g/mol. The fourth-order valence-corrected chi connectivity index (χ4v) is 3.36. The van der Waals surface area contributed by atoms with Gasteiger partial charge in [0, 0.05) is 14.7 Å². The van der Waals surface area contributed by atoms with Crippen molar-refractivity contribution < 1.29 is 4.74 Å². The number of thiophene rings is 1. The lowest BCUT2D eigenvalue weighted by atomic mass is 10.1. The maximum Gasteiger partial charge on any atom is 0.119 e. The summed E-state index contributed by atoms with van der Waals surface area (Å²) in [5, 5.41) is 2.05. The molecule has 1 atom stereocenters. The number of ether oxygens (including phenoxy) is 1. The zero-order valence-corrected chi connectivity index (χ0v) is 13.3. The number of nitrogens with one attached hydrogen (secondary N) is 1. The quantitative estimate of drug-likeness (QED) is 0.641. The molecule has 1 unspecified atom stereocenters. The zero-order chi connectivity index (χ0) is 13.8. The van der Waals surface area contributed by atoms with Gasteiger partial charge in [-0.1, -0.05) is 12.1 Å². The van der Waals surface area contributed by atoms with Gasteiger partial charge in [-0.25, -0.2) is 5.43 Å². The van der Waals surface area contributed by atoms with Gasteiger partial charge in [-0.2, -0.15) is 0 Å². The standard InChI is InChI=1S/C14H17BrN2OS/c1-9(2)18-12-5-3-10(4-6-12)14(17-16)13-7-11(15)8-19-13/h3-9,14,17H,16H2,1-2H3. The molecule has 2 aromatic rings. The molecular formula is C14H17BrN2OS. The molecule has 0 radical (unpaired) electrons. The van der Waals surface area contributed by atoms with Gasteiger partial charge >= 0.3 is 0 Å². The normalized spacial score (nSPS) is 12.7. The molecule has 3 N–H and O–H groups in total. The third-order valence-corrected chi connectivity index (χ3v) is 4.38. The van der Waals surface area contributed by atoms with E-state index in [2.05, 4.69) is 32.8 Å². The summed E-state index contributed by atoms with van der Waals surface area (Å²) < 4.78 is 6.71. The summed E-state index contributed by atoms with van der Waals surface area (Å²) in [7, 11) is 0. The van der Waals surface area contributed by atoms with E-state index in [1.54, 1.807) is 11.3 Å². The number of halogens is 1. The van der Waals surface area contributed by atoms with Crippen molar-refractivity contribution in [2.45, 2.75) is 26.0 Å². The van der Waals surface area contributed by atoms with Crippen molar-refractivity contribution in [1.29, 1.82) is 0 Å². The minimum absolute atomic E-state index is 0.00407. The number of rotatable bonds is 5. The minimum atomic E-state index is 0.00407. The molecule has 0 bridgehead atoms. The van der Waals surface area contributed by atoms with Gasteiger partial charge in [-0.15, -0.1) is 11.3 Å². The molecule has 0 aliphatic carbocycles. The van der Waals surface area contributed by atoms with Crippen LogP contribution >= 0.6 is 27.3 Å². The maximum absolute atomic E-state index is 5.67. The summed E-state index contributed by atoms with van der Waals surface area (Å²) in [6, 6.07) is 10.1. The van der Waals surface area contributed by atoms with Crippen LogP contribution in [0.1, 0.15) is 30.3 Å². The SMILES string of the molecule is CC(C)Oc1ccc(C(NN)c2cc(Br)cs2)cc1. The third kappa shape index (κ3) is 3.79. The van der Waals surface area contributed by atoms with Crippen molar-refractivity contribution in [2.75, 3.05) is 0 Å². The maximum atomic E-state index is 5.67. The first-order chi connectivity index (χ1) is 9.10. The van der Waals surface area contributed by atoms with Gasteiger partial charge in [0.15, 0.2) is 0 Å². The second-order valence-electron chi connectivity index (χ2n) is 4.50. The number of benzene rings is 1. The summed E-state index contributed by atoms with van der Waals surface area (Å²) in [6.07, 6.45) is 0.183. The lowest BCUT2D eigenvalue weighted by molar-refractivity contribution is 0.242. The fraction of sp³-hybridized carbons (Fsp3) is 0.286. The van der Waals surface area contributed by atoms with Crippen LogP contribution < -0.4 is 16.0 Å². The van der Waals surface area contributed by atoms with Crippen LogP contribution in [0, 0.1) is 0 Å². The van der Waals surface area contributed by atoms with Gasteiger partial charge in [0.05, 0.1) is 12.1 Å². The van der Waals surface area contributed by atoms with E-state index in [1.807, 2.05) is 38.1 Å². The first-order valence-corrected chi connectivity index (χ1v) is 7.74. The summed E-state index contributed by atoms with van der Waals surface area (Å²) in [5.74, 6) is 6.55. The van der Waals surface area contributed by atoms with Crippen molar-refractivity contribution in [1.82, 2.24) is 5.43 Å². The van der Waals surface area contributed by atoms with Crippen LogP contribution in [-0.2, 0) is 0 Å². The van der Waals surface area contributed by atoms with Crippen LogP contribution in [0.5, 0.6) is 5.75 Å². The third-order valence-electron chi connectivity index (χ3n) is 2.62. The van der Waals surface area contributed by atoms with Gasteiger partial charge in [0.2, 0.25) is 0 Å². The molecule has 5 heteroatoms. The first-order valence-electron chi connectivity index (χ1n) is 6.07. The van der Waals surface area contributed by atoms with Crippen LogP contribution in [0.15, 0.2) is 40.2 Å². The summed E-state index contributed by atoms with van der Waals surface area (Å²) in [4.78, 5) is 1.17. The predicted molar refractivity (Wildman–Crippen MR) is 83.4 cm³/mol. The average molecular weight is 341 g/mol. The highest BCUT2D eigenvalue weighted by Gasteiger charge is 2.14. The van der Waals surface area contributed by atoms with Crippen molar-refractivity contribution in [3.8, 4) is 5.75 Å². The van der Waals surface area contributed by atoms with E-state index >= 15 is 0 Å². The van der Waals surface area contributed by atoms with E-state index in [-0.39, 0.29) is 12.1 Å². The van der Waals surface area contributed by atoms with E-state index in [1.165, 1.54) is 4.88 Å². The van der Waals surface area contributed by atoms with Crippen LogP contribution in [0.25, 0.3) is 0 Å². The molecule has 2 rings (SSSR count). The molecule has 1 aromatic heterocycles. The summed E-state index contributed by atoms with van der Waals surface area (Å²) >= 11 is 5.13. The molecule has 0 amide bonds. The highest BCUT2D eigenvalue weighted by Crippen LogP contribution is 2.30. The van der Waals surface area contributed by atoms with E-state index in [9.17, 15) is 0 Å². The first kappa shape index (κ1) is 14.5. The van der Waals surface area contributed by atoms with Crippen LogP contribution in [0.3, 0.4) is 0 Å². The molecule has 102 valence electrons. The largest absolute Gasteiger partial charge is 0.491 e. The molecule has 1 aromatic carbocycles. The Morgan fingerprint density at radius 3 is 2.42 bits per heavy atom. The van der Waals surface area contributed by atoms with Gasteiger partial charge in [0.25, 0.3) is 0 Å². The van der Waals surface area contributed by atoms with Gasteiger partial charge < -0.3 is 4.74 Å². The van der Waals surface area contributed by atoms with Gasteiger partial charge in [0.1, 0.15) is 5.75 Å². The van der Waals surface area contributed by atoms with Crippen LogP contribution in [0.2, 0.25) is 0 Å². The van der Waals surface area contributed by atoms with Crippen LogP contribution in [0.4, 0.5) is 0 Å². The number of hydrogen-bond acceptors (Lipinski definition) is 4. The highest BCUT2D eigenvalue weighted by molar-refractivity contribution is 9.10. The second kappa shape index (κ2) is 6.52. The number of hydrazine groups is 1. The van der Waals surface area contributed by atoms with E-state index in [0.29, 0.717) is 0 Å². The highest BCUT2D eigenvalue weighted by atomic mass is 79.9. The smallest absolute Gasteiger partial charge is 0.119 e. The van der Waals surface area contributed by atoms with Crippen LogP contribution in [-0.4, -0.2) is 6.10 Å².